The van der Waals surface area contributed by atoms with Crippen molar-refractivity contribution in [1.82, 2.24) is 20.2 Å². The summed E-state index contributed by atoms with van der Waals surface area (Å²) in [7, 11) is 1.78. The van der Waals surface area contributed by atoms with E-state index in [1.165, 1.54) is 0 Å². The third-order valence-corrected chi connectivity index (χ3v) is 2.36. The zero-order valence-electron chi connectivity index (χ0n) is 9.04. The number of tetrazole rings is 1. The Morgan fingerprint density at radius 3 is 2.69 bits per heavy atom. The molecule has 0 spiro atoms. The highest BCUT2D eigenvalue weighted by atomic mass is 15.6. The van der Waals surface area contributed by atoms with Gasteiger partial charge in [-0.05, 0) is 16.0 Å². The number of rotatable bonds is 4. The summed E-state index contributed by atoms with van der Waals surface area (Å²) >= 11 is 0. The van der Waals surface area contributed by atoms with E-state index >= 15 is 0 Å². The molecule has 0 saturated carbocycles. The molecule has 2 rings (SSSR count). The van der Waals surface area contributed by atoms with Crippen molar-refractivity contribution >= 4 is 5.95 Å². The van der Waals surface area contributed by atoms with Crippen molar-refractivity contribution in [1.29, 1.82) is 0 Å². The van der Waals surface area contributed by atoms with Crippen LogP contribution in [0.5, 0.6) is 0 Å². The van der Waals surface area contributed by atoms with Crippen LogP contribution < -0.4 is 11.1 Å². The average molecular weight is 218 g/mol. The molecule has 0 saturated heterocycles. The summed E-state index contributed by atoms with van der Waals surface area (Å²) in [5.74, 6) is 0.610. The summed E-state index contributed by atoms with van der Waals surface area (Å²) in [5.41, 5.74) is 6.85. The monoisotopic (exact) mass is 218 g/mol. The number of aromatic nitrogens is 4. The van der Waals surface area contributed by atoms with Crippen LogP contribution in [0.15, 0.2) is 30.3 Å². The van der Waals surface area contributed by atoms with Gasteiger partial charge in [0.25, 0.3) is 0 Å². The Hall–Kier alpha value is -1.95. The van der Waals surface area contributed by atoms with Crippen LogP contribution in [0.25, 0.3) is 0 Å². The standard InChI is InChI=1S/C10H14N6/c1-16-10(13-14-15-16)12-9(7-11)8-5-3-2-4-6-8/h2-6,9H,7,11H2,1H3,(H,12,13,15). The van der Waals surface area contributed by atoms with E-state index in [0.717, 1.165) is 5.56 Å². The Balaban J connectivity index is 2.16. The molecule has 0 fully saturated rings. The van der Waals surface area contributed by atoms with Gasteiger partial charge in [-0.25, -0.2) is 4.68 Å². The fraction of sp³-hybridized carbons (Fsp3) is 0.300. The van der Waals surface area contributed by atoms with E-state index in [1.807, 2.05) is 30.3 Å². The van der Waals surface area contributed by atoms with E-state index in [1.54, 1.807) is 11.7 Å². The minimum atomic E-state index is 0.0194. The third kappa shape index (κ3) is 2.17. The van der Waals surface area contributed by atoms with Gasteiger partial charge in [0.15, 0.2) is 0 Å². The number of hydrogen-bond donors (Lipinski definition) is 2. The fourth-order valence-electron chi connectivity index (χ4n) is 1.47. The zero-order valence-corrected chi connectivity index (χ0v) is 9.04. The number of nitrogens with one attached hydrogen (secondary N) is 1. The molecule has 0 aliphatic heterocycles. The van der Waals surface area contributed by atoms with Crippen molar-refractivity contribution in [3.8, 4) is 0 Å². The first-order chi connectivity index (χ1) is 7.81. The molecule has 1 aromatic carbocycles. The molecule has 16 heavy (non-hydrogen) atoms. The second kappa shape index (κ2) is 4.71. The molecule has 0 aliphatic carbocycles. The lowest BCUT2D eigenvalue weighted by atomic mass is 10.1. The molecule has 6 nitrogen and oxygen atoms in total. The molecule has 0 radical (unpaired) electrons. The lowest BCUT2D eigenvalue weighted by molar-refractivity contribution is 0.698. The predicted molar refractivity (Wildman–Crippen MR) is 60.7 cm³/mol. The molecular formula is C10H14N6. The molecule has 2 aromatic rings. The largest absolute Gasteiger partial charge is 0.345 e. The molecule has 6 heteroatoms. The van der Waals surface area contributed by atoms with E-state index in [0.29, 0.717) is 12.5 Å². The second-order valence-electron chi connectivity index (χ2n) is 3.47. The molecule has 0 amide bonds. The number of aryl methyl sites for hydroxylation is 1. The second-order valence-corrected chi connectivity index (χ2v) is 3.47. The maximum atomic E-state index is 5.73. The lowest BCUT2D eigenvalue weighted by Crippen LogP contribution is -2.22. The highest BCUT2D eigenvalue weighted by molar-refractivity contribution is 5.31. The van der Waals surface area contributed by atoms with Gasteiger partial charge in [-0.2, -0.15) is 0 Å². The van der Waals surface area contributed by atoms with Gasteiger partial charge < -0.3 is 11.1 Å². The van der Waals surface area contributed by atoms with Gasteiger partial charge in [0.2, 0.25) is 5.95 Å². The van der Waals surface area contributed by atoms with Crippen molar-refractivity contribution in [2.24, 2.45) is 12.8 Å². The number of nitrogens with two attached hydrogens (primary N) is 1. The van der Waals surface area contributed by atoms with Crippen LogP contribution in [0, 0.1) is 0 Å². The minimum Gasteiger partial charge on any atom is -0.345 e. The first kappa shape index (κ1) is 10.6. The highest BCUT2D eigenvalue weighted by Crippen LogP contribution is 2.15. The summed E-state index contributed by atoms with van der Waals surface area (Å²) < 4.78 is 1.58. The number of benzene rings is 1. The summed E-state index contributed by atoms with van der Waals surface area (Å²) in [6.45, 7) is 0.483. The SMILES string of the molecule is Cn1nnnc1NC(CN)c1ccccc1. The predicted octanol–water partition coefficient (Wildman–Crippen LogP) is 0.322. The molecule has 3 N–H and O–H groups in total. The van der Waals surface area contributed by atoms with E-state index in [-0.39, 0.29) is 6.04 Å². The van der Waals surface area contributed by atoms with E-state index < -0.39 is 0 Å². The molecule has 0 aliphatic rings. The fourth-order valence-corrected chi connectivity index (χ4v) is 1.47. The van der Waals surface area contributed by atoms with Gasteiger partial charge >= 0.3 is 0 Å². The summed E-state index contributed by atoms with van der Waals surface area (Å²) in [6, 6.07) is 10.00. The normalized spacial score (nSPS) is 12.4. The van der Waals surface area contributed by atoms with Crippen molar-refractivity contribution in [2.45, 2.75) is 6.04 Å². The summed E-state index contributed by atoms with van der Waals surface area (Å²) in [5, 5.41) is 14.4. The maximum absolute atomic E-state index is 5.73. The van der Waals surface area contributed by atoms with Gasteiger partial charge in [0.1, 0.15) is 0 Å². The Kier molecular flexibility index (Phi) is 3.11. The topological polar surface area (TPSA) is 81.7 Å². The average Bonchev–Trinajstić information content (AvgIpc) is 2.73. The van der Waals surface area contributed by atoms with Crippen molar-refractivity contribution in [2.75, 3.05) is 11.9 Å². The Morgan fingerprint density at radius 1 is 1.38 bits per heavy atom. The van der Waals surface area contributed by atoms with E-state index in [9.17, 15) is 0 Å². The molecule has 84 valence electrons. The molecular weight excluding hydrogens is 204 g/mol. The first-order valence-electron chi connectivity index (χ1n) is 5.05. The Bertz CT molecular complexity index is 438. The molecule has 1 atom stereocenters. The highest BCUT2D eigenvalue weighted by Gasteiger charge is 2.11. The Labute approximate surface area is 93.5 Å². The third-order valence-electron chi connectivity index (χ3n) is 2.36. The molecule has 1 heterocycles. The van der Waals surface area contributed by atoms with Gasteiger partial charge in [0, 0.05) is 13.6 Å². The molecule has 0 bridgehead atoms. The van der Waals surface area contributed by atoms with Gasteiger partial charge in [-0.1, -0.05) is 35.4 Å². The summed E-state index contributed by atoms with van der Waals surface area (Å²) in [4.78, 5) is 0. The van der Waals surface area contributed by atoms with Gasteiger partial charge in [-0.15, -0.1) is 0 Å². The van der Waals surface area contributed by atoms with Crippen LogP contribution in [0.2, 0.25) is 0 Å². The number of hydrogen-bond acceptors (Lipinski definition) is 5. The van der Waals surface area contributed by atoms with Crippen LogP contribution in [0.3, 0.4) is 0 Å². The quantitative estimate of drug-likeness (QED) is 0.772. The Morgan fingerprint density at radius 2 is 2.12 bits per heavy atom. The van der Waals surface area contributed by atoms with Crippen LogP contribution in [-0.2, 0) is 7.05 Å². The molecule has 1 unspecified atom stereocenters. The van der Waals surface area contributed by atoms with Crippen LogP contribution in [0.1, 0.15) is 11.6 Å². The van der Waals surface area contributed by atoms with E-state index in [4.69, 9.17) is 5.73 Å². The van der Waals surface area contributed by atoms with Crippen molar-refractivity contribution in [3.63, 3.8) is 0 Å². The molecule has 1 aromatic heterocycles. The van der Waals surface area contributed by atoms with Crippen molar-refractivity contribution in [3.05, 3.63) is 35.9 Å². The van der Waals surface area contributed by atoms with Crippen LogP contribution in [-0.4, -0.2) is 26.8 Å². The van der Waals surface area contributed by atoms with Gasteiger partial charge in [-0.3, -0.25) is 0 Å². The smallest absolute Gasteiger partial charge is 0.243 e. The lowest BCUT2D eigenvalue weighted by Gasteiger charge is -2.16. The minimum absolute atomic E-state index is 0.0194. The van der Waals surface area contributed by atoms with Crippen molar-refractivity contribution < 1.29 is 0 Å². The number of nitrogens with zero attached hydrogens (tertiary/aromatic N) is 4. The maximum Gasteiger partial charge on any atom is 0.243 e. The summed E-state index contributed by atoms with van der Waals surface area (Å²) in [6.07, 6.45) is 0. The zero-order chi connectivity index (χ0) is 11.4. The van der Waals surface area contributed by atoms with Crippen LogP contribution in [0.4, 0.5) is 5.95 Å². The number of anilines is 1. The van der Waals surface area contributed by atoms with E-state index in [2.05, 4.69) is 20.8 Å². The van der Waals surface area contributed by atoms with Gasteiger partial charge in [0.05, 0.1) is 6.04 Å². The first-order valence-corrected chi connectivity index (χ1v) is 5.05. The van der Waals surface area contributed by atoms with Crippen LogP contribution >= 0.6 is 0 Å².